The van der Waals surface area contributed by atoms with Crippen LogP contribution in [0.4, 0.5) is 0 Å². The van der Waals surface area contributed by atoms with E-state index in [9.17, 15) is 4.79 Å². The standard InChI is InChI=1S/C18H20IN3OS/c19-16-4-3-15(24-16)18(23)21-17-13-5-8-22(9-6-13)14(17)10-12-2-1-7-20-11-12/h1-4,7,11,13-14,17H,5-6,8-10H2,(H,21,23)/t14-,17-/m1/s1. The van der Waals surface area contributed by atoms with Gasteiger partial charge in [-0.3, -0.25) is 14.7 Å². The van der Waals surface area contributed by atoms with Crippen molar-refractivity contribution < 1.29 is 4.79 Å². The maximum absolute atomic E-state index is 12.7. The number of rotatable bonds is 4. The van der Waals surface area contributed by atoms with Crippen LogP contribution in [0.1, 0.15) is 28.1 Å². The molecular weight excluding hydrogens is 433 g/mol. The van der Waals surface area contributed by atoms with Crippen LogP contribution >= 0.6 is 33.9 Å². The maximum Gasteiger partial charge on any atom is 0.261 e. The maximum atomic E-state index is 12.7. The summed E-state index contributed by atoms with van der Waals surface area (Å²) in [6.07, 6.45) is 7.10. The van der Waals surface area contributed by atoms with Gasteiger partial charge in [-0.1, -0.05) is 6.07 Å². The van der Waals surface area contributed by atoms with Crippen LogP contribution in [0.25, 0.3) is 0 Å². The predicted octanol–water partition coefficient (Wildman–Crippen LogP) is 3.18. The number of thiophene rings is 1. The Morgan fingerprint density at radius 3 is 2.83 bits per heavy atom. The van der Waals surface area contributed by atoms with Crippen LogP contribution in [-0.4, -0.2) is 41.0 Å². The number of pyridine rings is 1. The van der Waals surface area contributed by atoms with E-state index in [2.05, 4.69) is 43.9 Å². The number of piperidine rings is 3. The van der Waals surface area contributed by atoms with E-state index in [-0.39, 0.29) is 11.9 Å². The van der Waals surface area contributed by atoms with E-state index in [1.807, 2.05) is 30.6 Å². The third-order valence-electron chi connectivity index (χ3n) is 5.23. The first-order valence-electron chi connectivity index (χ1n) is 8.40. The number of halogens is 1. The lowest BCUT2D eigenvalue weighted by Gasteiger charge is -2.51. The highest BCUT2D eigenvalue weighted by Gasteiger charge is 2.42. The molecule has 2 aromatic rings. The van der Waals surface area contributed by atoms with E-state index in [0.29, 0.717) is 12.0 Å². The fourth-order valence-corrected chi connectivity index (χ4v) is 5.57. The lowest BCUT2D eigenvalue weighted by Crippen LogP contribution is -2.64. The highest BCUT2D eigenvalue weighted by atomic mass is 127. The second kappa shape index (κ2) is 7.09. The summed E-state index contributed by atoms with van der Waals surface area (Å²) in [4.78, 5) is 20.3. The number of aromatic nitrogens is 1. The van der Waals surface area contributed by atoms with Crippen molar-refractivity contribution in [1.29, 1.82) is 0 Å². The van der Waals surface area contributed by atoms with Gasteiger partial charge in [0, 0.05) is 24.5 Å². The minimum atomic E-state index is 0.0813. The third kappa shape index (κ3) is 3.36. The van der Waals surface area contributed by atoms with Crippen molar-refractivity contribution in [3.63, 3.8) is 0 Å². The molecule has 3 aliphatic heterocycles. The number of hydrogen-bond donors (Lipinski definition) is 1. The Kier molecular flexibility index (Phi) is 4.87. The summed E-state index contributed by atoms with van der Waals surface area (Å²) in [7, 11) is 0. The van der Waals surface area contributed by atoms with E-state index >= 15 is 0 Å². The molecule has 3 aliphatic rings. The Labute approximate surface area is 159 Å². The molecule has 5 rings (SSSR count). The van der Waals surface area contributed by atoms with Crippen LogP contribution in [0, 0.1) is 8.80 Å². The Morgan fingerprint density at radius 1 is 1.33 bits per heavy atom. The first kappa shape index (κ1) is 16.5. The molecule has 6 heteroatoms. The van der Waals surface area contributed by atoms with Crippen molar-refractivity contribution in [3.05, 3.63) is 50.0 Å². The van der Waals surface area contributed by atoms with Gasteiger partial charge in [-0.05, 0) is 84.6 Å². The summed E-state index contributed by atoms with van der Waals surface area (Å²) in [5.74, 6) is 0.678. The van der Waals surface area contributed by atoms with Gasteiger partial charge < -0.3 is 5.32 Å². The zero-order valence-electron chi connectivity index (χ0n) is 13.3. The van der Waals surface area contributed by atoms with Gasteiger partial charge in [-0.15, -0.1) is 11.3 Å². The first-order chi connectivity index (χ1) is 11.7. The molecule has 24 heavy (non-hydrogen) atoms. The lowest BCUT2D eigenvalue weighted by molar-refractivity contribution is 0.0137. The zero-order valence-corrected chi connectivity index (χ0v) is 16.3. The Hall–Kier alpha value is -0.990. The van der Waals surface area contributed by atoms with Crippen molar-refractivity contribution >= 4 is 39.8 Å². The molecule has 2 aromatic heterocycles. The van der Waals surface area contributed by atoms with Crippen LogP contribution in [0.15, 0.2) is 36.7 Å². The van der Waals surface area contributed by atoms with Crippen molar-refractivity contribution in [1.82, 2.24) is 15.2 Å². The SMILES string of the molecule is O=C(N[C@@H]1C2CCN(CC2)[C@@H]1Cc1cccnc1)c1ccc(I)s1. The van der Waals surface area contributed by atoms with Gasteiger partial charge in [0.25, 0.3) is 5.91 Å². The summed E-state index contributed by atoms with van der Waals surface area (Å²) < 4.78 is 1.15. The molecule has 2 atom stereocenters. The number of amides is 1. The Bertz CT molecular complexity index is 712. The number of nitrogens with zero attached hydrogens (tertiary/aromatic N) is 2. The molecule has 0 saturated carbocycles. The van der Waals surface area contributed by atoms with Gasteiger partial charge >= 0.3 is 0 Å². The summed E-state index contributed by atoms with van der Waals surface area (Å²) in [5.41, 5.74) is 1.25. The summed E-state index contributed by atoms with van der Waals surface area (Å²) in [5, 5.41) is 3.36. The monoisotopic (exact) mass is 453 g/mol. The number of hydrogen-bond acceptors (Lipinski definition) is 4. The largest absolute Gasteiger partial charge is 0.347 e. The Balaban J connectivity index is 1.53. The van der Waals surface area contributed by atoms with Crippen LogP contribution in [0.3, 0.4) is 0 Å². The summed E-state index contributed by atoms with van der Waals surface area (Å²) in [6.45, 7) is 2.30. The number of fused-ring (bicyclic) bond motifs is 3. The van der Waals surface area contributed by atoms with Gasteiger partial charge in [0.1, 0.15) is 0 Å². The highest BCUT2D eigenvalue weighted by molar-refractivity contribution is 14.1. The molecule has 0 spiro atoms. The van der Waals surface area contributed by atoms with Crippen LogP contribution in [-0.2, 0) is 6.42 Å². The molecule has 5 heterocycles. The van der Waals surface area contributed by atoms with Gasteiger partial charge in [0.2, 0.25) is 0 Å². The van der Waals surface area contributed by atoms with E-state index in [1.165, 1.54) is 18.4 Å². The van der Waals surface area contributed by atoms with Gasteiger partial charge in [-0.25, -0.2) is 0 Å². The number of nitrogens with one attached hydrogen (secondary N) is 1. The predicted molar refractivity (Wildman–Crippen MR) is 104 cm³/mol. The average Bonchev–Trinajstić information content (AvgIpc) is 3.05. The van der Waals surface area contributed by atoms with Crippen LogP contribution < -0.4 is 5.32 Å². The summed E-state index contributed by atoms with van der Waals surface area (Å²) in [6, 6.07) is 8.68. The molecule has 1 N–H and O–H groups in total. The first-order valence-corrected chi connectivity index (χ1v) is 10.3. The molecule has 4 nitrogen and oxygen atoms in total. The second-order valence-corrected chi connectivity index (χ2v) is 9.59. The van der Waals surface area contributed by atoms with E-state index in [0.717, 1.165) is 27.3 Å². The molecule has 0 aliphatic carbocycles. The molecule has 0 radical (unpaired) electrons. The van der Waals surface area contributed by atoms with Crippen molar-refractivity contribution in [3.8, 4) is 0 Å². The highest BCUT2D eigenvalue weighted by Crippen LogP contribution is 2.34. The van der Waals surface area contributed by atoms with E-state index < -0.39 is 0 Å². The molecular formula is C18H20IN3OS. The quantitative estimate of drug-likeness (QED) is 0.724. The van der Waals surface area contributed by atoms with Crippen molar-refractivity contribution in [2.45, 2.75) is 31.3 Å². The zero-order chi connectivity index (χ0) is 16.5. The van der Waals surface area contributed by atoms with E-state index in [4.69, 9.17) is 0 Å². The van der Waals surface area contributed by atoms with Crippen LogP contribution in [0.2, 0.25) is 0 Å². The summed E-state index contributed by atoms with van der Waals surface area (Å²) >= 11 is 3.83. The number of carbonyl (C=O) groups excluding carboxylic acids is 1. The van der Waals surface area contributed by atoms with Gasteiger partial charge in [0.05, 0.1) is 7.76 Å². The minimum Gasteiger partial charge on any atom is -0.347 e. The molecule has 0 unspecified atom stereocenters. The molecule has 2 bridgehead atoms. The van der Waals surface area contributed by atoms with Crippen LogP contribution in [0.5, 0.6) is 0 Å². The molecule has 3 fully saturated rings. The second-order valence-electron chi connectivity index (χ2n) is 6.61. The third-order valence-corrected chi connectivity index (χ3v) is 7.12. The molecule has 0 aromatic carbocycles. The Morgan fingerprint density at radius 2 is 2.17 bits per heavy atom. The fraction of sp³-hybridized carbons (Fsp3) is 0.444. The average molecular weight is 453 g/mol. The lowest BCUT2D eigenvalue weighted by atomic mass is 9.77. The number of carbonyl (C=O) groups is 1. The molecule has 126 valence electrons. The minimum absolute atomic E-state index is 0.0813. The van der Waals surface area contributed by atoms with Crippen molar-refractivity contribution in [2.75, 3.05) is 13.1 Å². The smallest absolute Gasteiger partial charge is 0.261 e. The normalized spacial score (nSPS) is 28.7. The molecule has 1 amide bonds. The van der Waals surface area contributed by atoms with Crippen molar-refractivity contribution in [2.24, 2.45) is 5.92 Å². The fourth-order valence-electron chi connectivity index (χ4n) is 4.04. The van der Waals surface area contributed by atoms with E-state index in [1.54, 1.807) is 11.3 Å². The van der Waals surface area contributed by atoms with Gasteiger partial charge in [-0.2, -0.15) is 0 Å². The topological polar surface area (TPSA) is 45.2 Å². The van der Waals surface area contributed by atoms with Gasteiger partial charge in [0.15, 0.2) is 0 Å². The molecule has 3 saturated heterocycles.